The minimum Gasteiger partial charge on any atom is -0.467 e. The van der Waals surface area contributed by atoms with Crippen molar-refractivity contribution < 1.29 is 13.6 Å². The molecule has 25 heavy (non-hydrogen) atoms. The lowest BCUT2D eigenvalue weighted by Crippen LogP contribution is -2.39. The van der Waals surface area contributed by atoms with E-state index in [0.29, 0.717) is 31.6 Å². The number of thiophene rings is 1. The standard InChI is InChI=1S/C19H19FN2O2S/c20-18-8-2-1-5-15(18)9-10-21-19(23)22(13-16-6-3-11-24-16)14-17-7-4-12-25-17/h1-8,11-12H,9-10,13-14H2,(H,21,23). The van der Waals surface area contributed by atoms with Crippen LogP contribution in [0.15, 0.2) is 64.6 Å². The Morgan fingerprint density at radius 3 is 2.72 bits per heavy atom. The Morgan fingerprint density at radius 1 is 1.12 bits per heavy atom. The molecule has 2 heterocycles. The van der Waals surface area contributed by atoms with Crippen LogP contribution in [0.2, 0.25) is 0 Å². The number of nitrogens with one attached hydrogen (secondary N) is 1. The summed E-state index contributed by atoms with van der Waals surface area (Å²) in [5, 5.41) is 4.85. The zero-order valence-corrected chi connectivity index (χ0v) is 14.5. The third kappa shape index (κ3) is 4.93. The predicted molar refractivity (Wildman–Crippen MR) is 95.8 cm³/mol. The molecule has 0 fully saturated rings. The van der Waals surface area contributed by atoms with Gasteiger partial charge in [0.1, 0.15) is 11.6 Å². The third-order valence-electron chi connectivity index (χ3n) is 3.77. The molecule has 130 valence electrons. The number of nitrogens with zero attached hydrogens (tertiary/aromatic N) is 1. The van der Waals surface area contributed by atoms with Crippen LogP contribution in [0.25, 0.3) is 0 Å². The lowest BCUT2D eigenvalue weighted by molar-refractivity contribution is 0.188. The van der Waals surface area contributed by atoms with Crippen molar-refractivity contribution in [3.8, 4) is 0 Å². The van der Waals surface area contributed by atoms with Gasteiger partial charge in [0.2, 0.25) is 0 Å². The number of urea groups is 1. The van der Waals surface area contributed by atoms with E-state index >= 15 is 0 Å². The quantitative estimate of drug-likeness (QED) is 0.679. The molecule has 0 radical (unpaired) electrons. The second-order valence-corrected chi connectivity index (χ2v) is 6.62. The first-order valence-electron chi connectivity index (χ1n) is 8.03. The molecule has 0 aliphatic heterocycles. The SMILES string of the molecule is O=C(NCCc1ccccc1F)N(Cc1ccco1)Cc1cccs1. The van der Waals surface area contributed by atoms with Crippen molar-refractivity contribution in [1.82, 2.24) is 10.2 Å². The van der Waals surface area contributed by atoms with Crippen molar-refractivity contribution in [2.45, 2.75) is 19.5 Å². The summed E-state index contributed by atoms with van der Waals surface area (Å²) in [5.74, 6) is 0.476. The highest BCUT2D eigenvalue weighted by Crippen LogP contribution is 2.15. The molecule has 3 rings (SSSR count). The van der Waals surface area contributed by atoms with Gasteiger partial charge in [-0.15, -0.1) is 11.3 Å². The number of rotatable bonds is 7. The largest absolute Gasteiger partial charge is 0.467 e. The maximum absolute atomic E-state index is 13.6. The van der Waals surface area contributed by atoms with Gasteiger partial charge in [-0.2, -0.15) is 0 Å². The number of amides is 2. The summed E-state index contributed by atoms with van der Waals surface area (Å²) in [5.41, 5.74) is 0.596. The molecular weight excluding hydrogens is 339 g/mol. The van der Waals surface area contributed by atoms with Crippen LogP contribution in [0, 0.1) is 5.82 Å². The number of furan rings is 1. The number of carbonyl (C=O) groups excluding carboxylic acids is 1. The predicted octanol–water partition coefficient (Wildman–Crippen LogP) is 4.43. The fourth-order valence-corrected chi connectivity index (χ4v) is 3.22. The van der Waals surface area contributed by atoms with Crippen molar-refractivity contribution in [3.63, 3.8) is 0 Å². The van der Waals surface area contributed by atoms with E-state index in [1.807, 2.05) is 23.6 Å². The summed E-state index contributed by atoms with van der Waals surface area (Å²) >= 11 is 1.60. The molecule has 0 aliphatic carbocycles. The number of hydrogen-bond acceptors (Lipinski definition) is 3. The Kier molecular flexibility index (Phi) is 5.85. The molecule has 2 amide bonds. The van der Waals surface area contributed by atoms with Crippen molar-refractivity contribution in [1.29, 1.82) is 0 Å². The minimum atomic E-state index is -0.247. The monoisotopic (exact) mass is 358 g/mol. The Morgan fingerprint density at radius 2 is 2.00 bits per heavy atom. The lowest BCUT2D eigenvalue weighted by Gasteiger charge is -2.21. The molecule has 0 saturated heterocycles. The van der Waals surface area contributed by atoms with E-state index in [0.717, 1.165) is 10.6 Å². The van der Waals surface area contributed by atoms with Gasteiger partial charge in [0.15, 0.2) is 0 Å². The summed E-state index contributed by atoms with van der Waals surface area (Å²) in [6.07, 6.45) is 2.04. The van der Waals surface area contributed by atoms with Gasteiger partial charge in [-0.05, 0) is 41.6 Å². The van der Waals surface area contributed by atoms with Crippen LogP contribution in [0.4, 0.5) is 9.18 Å². The number of carbonyl (C=O) groups is 1. The van der Waals surface area contributed by atoms with Crippen molar-refractivity contribution in [2.24, 2.45) is 0 Å². The van der Waals surface area contributed by atoms with Gasteiger partial charge in [0, 0.05) is 11.4 Å². The summed E-state index contributed by atoms with van der Waals surface area (Å²) < 4.78 is 19.0. The molecule has 3 aromatic rings. The molecule has 0 unspecified atom stereocenters. The Bertz CT molecular complexity index is 751. The average Bonchev–Trinajstić information content (AvgIpc) is 3.30. The summed E-state index contributed by atoms with van der Waals surface area (Å²) in [7, 11) is 0. The van der Waals surface area contributed by atoms with Crippen molar-refractivity contribution in [3.05, 3.63) is 82.2 Å². The smallest absolute Gasteiger partial charge is 0.318 e. The first kappa shape index (κ1) is 17.2. The lowest BCUT2D eigenvalue weighted by atomic mass is 10.1. The molecule has 1 aromatic carbocycles. The molecule has 1 N–H and O–H groups in total. The van der Waals surface area contributed by atoms with Gasteiger partial charge in [0.25, 0.3) is 0 Å². The normalized spacial score (nSPS) is 10.6. The molecule has 0 saturated carbocycles. The number of halogens is 1. The molecule has 0 spiro atoms. The van der Waals surface area contributed by atoms with Crippen LogP contribution in [0.5, 0.6) is 0 Å². The summed E-state index contributed by atoms with van der Waals surface area (Å²) in [6.45, 7) is 1.26. The van der Waals surface area contributed by atoms with Gasteiger partial charge in [0.05, 0.1) is 19.4 Å². The van der Waals surface area contributed by atoms with Gasteiger partial charge in [-0.3, -0.25) is 0 Å². The highest BCUT2D eigenvalue weighted by atomic mass is 32.1. The second-order valence-electron chi connectivity index (χ2n) is 5.59. The van der Waals surface area contributed by atoms with Crippen LogP contribution in [0.1, 0.15) is 16.2 Å². The molecule has 0 bridgehead atoms. The van der Waals surface area contributed by atoms with Gasteiger partial charge >= 0.3 is 6.03 Å². The zero-order chi connectivity index (χ0) is 17.5. The van der Waals surface area contributed by atoms with E-state index in [4.69, 9.17) is 4.42 Å². The molecule has 6 heteroatoms. The first-order valence-corrected chi connectivity index (χ1v) is 8.91. The Labute approximate surface area is 149 Å². The van der Waals surface area contributed by atoms with Crippen molar-refractivity contribution >= 4 is 17.4 Å². The van der Waals surface area contributed by atoms with Crippen LogP contribution >= 0.6 is 11.3 Å². The van der Waals surface area contributed by atoms with E-state index in [9.17, 15) is 9.18 Å². The molecule has 0 atom stereocenters. The Hall–Kier alpha value is -2.60. The second kappa shape index (κ2) is 8.48. The first-order chi connectivity index (χ1) is 12.2. The van der Waals surface area contributed by atoms with E-state index in [2.05, 4.69) is 5.32 Å². The minimum absolute atomic E-state index is 0.193. The Balaban J connectivity index is 1.59. The van der Waals surface area contributed by atoms with Gasteiger partial charge < -0.3 is 14.6 Å². The number of benzene rings is 1. The van der Waals surface area contributed by atoms with Crippen LogP contribution in [-0.2, 0) is 19.5 Å². The molecule has 2 aromatic heterocycles. The molecular formula is C19H19FN2O2S. The maximum Gasteiger partial charge on any atom is 0.318 e. The maximum atomic E-state index is 13.6. The van der Waals surface area contributed by atoms with Gasteiger partial charge in [-0.1, -0.05) is 24.3 Å². The van der Waals surface area contributed by atoms with Crippen molar-refractivity contribution in [2.75, 3.05) is 6.54 Å². The summed E-state index contributed by atoms with van der Waals surface area (Å²) in [6, 6.07) is 14.0. The highest BCUT2D eigenvalue weighted by molar-refractivity contribution is 7.09. The van der Waals surface area contributed by atoms with E-state index in [-0.39, 0.29) is 11.8 Å². The molecule has 4 nitrogen and oxygen atoms in total. The fourth-order valence-electron chi connectivity index (χ4n) is 2.50. The van der Waals surface area contributed by atoms with Crippen LogP contribution in [0.3, 0.4) is 0 Å². The number of hydrogen-bond donors (Lipinski definition) is 1. The topological polar surface area (TPSA) is 45.5 Å². The van der Waals surface area contributed by atoms with Crippen LogP contribution < -0.4 is 5.32 Å². The van der Waals surface area contributed by atoms with E-state index < -0.39 is 0 Å². The van der Waals surface area contributed by atoms with Gasteiger partial charge in [-0.25, -0.2) is 9.18 Å². The third-order valence-corrected chi connectivity index (χ3v) is 4.63. The van der Waals surface area contributed by atoms with E-state index in [1.54, 1.807) is 46.8 Å². The molecule has 0 aliphatic rings. The highest BCUT2D eigenvalue weighted by Gasteiger charge is 2.16. The summed E-state index contributed by atoms with van der Waals surface area (Å²) in [4.78, 5) is 15.3. The fraction of sp³-hybridized carbons (Fsp3) is 0.211. The van der Waals surface area contributed by atoms with Crippen LogP contribution in [-0.4, -0.2) is 17.5 Å². The zero-order valence-electron chi connectivity index (χ0n) is 13.7. The average molecular weight is 358 g/mol. The van der Waals surface area contributed by atoms with E-state index in [1.165, 1.54) is 6.07 Å².